The van der Waals surface area contributed by atoms with Gasteiger partial charge >= 0.3 is 12.1 Å². The number of amides is 2. The van der Waals surface area contributed by atoms with Gasteiger partial charge in [0.2, 0.25) is 11.9 Å². The molecule has 2 aliphatic heterocycles. The molecule has 2 amide bonds. The molecule has 35 heavy (non-hydrogen) atoms. The van der Waals surface area contributed by atoms with E-state index in [0.717, 1.165) is 6.42 Å². The van der Waals surface area contributed by atoms with Crippen LogP contribution in [0.25, 0.3) is 0 Å². The third-order valence-corrected chi connectivity index (χ3v) is 6.31. The summed E-state index contributed by atoms with van der Waals surface area (Å²) in [5.74, 6) is -0.258. The van der Waals surface area contributed by atoms with E-state index in [1.54, 1.807) is 25.7 Å². The van der Waals surface area contributed by atoms with Crippen LogP contribution in [0, 0.1) is 5.92 Å². The number of allylic oxidation sites excluding steroid dienone is 1. The van der Waals surface area contributed by atoms with E-state index >= 15 is 0 Å². The molecule has 9 heteroatoms. The molecule has 2 heterocycles. The molecular weight excluding hydrogens is 450 g/mol. The van der Waals surface area contributed by atoms with E-state index in [0.29, 0.717) is 38.9 Å². The second-order valence-corrected chi connectivity index (χ2v) is 10.7. The topological polar surface area (TPSA) is 107 Å². The van der Waals surface area contributed by atoms with Crippen LogP contribution < -0.4 is 5.32 Å². The van der Waals surface area contributed by atoms with Crippen LogP contribution in [-0.2, 0) is 23.8 Å². The number of nitrogens with zero attached hydrogens (tertiary/aromatic N) is 2. The number of nitrogens with one attached hydrogen (secondary N) is 1. The Kier molecular flexibility index (Phi) is 10.3. The van der Waals surface area contributed by atoms with Gasteiger partial charge in [0.25, 0.3) is 0 Å². The van der Waals surface area contributed by atoms with E-state index in [4.69, 9.17) is 14.2 Å². The number of carbonyl (C=O) groups excluding carboxylic acids is 3. The van der Waals surface area contributed by atoms with Crippen LogP contribution in [0.2, 0.25) is 0 Å². The fraction of sp³-hybridized carbons (Fsp3) is 0.769. The van der Waals surface area contributed by atoms with Crippen LogP contribution >= 0.6 is 0 Å². The third kappa shape index (κ3) is 8.63. The average molecular weight is 494 g/mol. The molecule has 0 aromatic rings. The molecule has 2 saturated heterocycles. The van der Waals surface area contributed by atoms with E-state index in [1.807, 2.05) is 26.8 Å². The number of hydrogen-bond acceptors (Lipinski definition) is 6. The first kappa shape index (κ1) is 28.8. The van der Waals surface area contributed by atoms with Crippen molar-refractivity contribution in [1.82, 2.24) is 10.2 Å². The summed E-state index contributed by atoms with van der Waals surface area (Å²) >= 11 is 0. The van der Waals surface area contributed by atoms with Crippen LogP contribution in [0.3, 0.4) is 0 Å². The normalized spacial score (nSPS) is 26.4. The first-order chi connectivity index (χ1) is 16.4. The lowest BCUT2D eigenvalue weighted by atomic mass is 9.83. The van der Waals surface area contributed by atoms with Crippen LogP contribution in [0.15, 0.2) is 17.6 Å². The van der Waals surface area contributed by atoms with Crippen LogP contribution in [0.4, 0.5) is 4.79 Å². The van der Waals surface area contributed by atoms with Gasteiger partial charge in [0.05, 0.1) is 19.1 Å². The molecule has 2 unspecified atom stereocenters. The fourth-order valence-corrected chi connectivity index (χ4v) is 4.58. The van der Waals surface area contributed by atoms with Crippen molar-refractivity contribution in [3.05, 3.63) is 12.7 Å². The SMILES string of the molecule is C=CCC[C@]1(CC)CC(=O)N(C2CCOCC2CCC(=O)OC(C)C)/C(=N/C(=O)OC(C)(C)C)N1. The molecule has 3 atom stereocenters. The Morgan fingerprint density at radius 2 is 2.09 bits per heavy atom. The smallest absolute Gasteiger partial charge is 0.437 e. The summed E-state index contributed by atoms with van der Waals surface area (Å²) in [6.07, 6.45) is 4.60. The average Bonchev–Trinajstić information content (AvgIpc) is 2.75. The summed E-state index contributed by atoms with van der Waals surface area (Å²) in [6.45, 7) is 15.7. The highest BCUT2D eigenvalue weighted by Crippen LogP contribution is 2.33. The van der Waals surface area contributed by atoms with Gasteiger partial charge in [0, 0.05) is 30.5 Å². The minimum absolute atomic E-state index is 0.0969. The zero-order valence-corrected chi connectivity index (χ0v) is 22.2. The van der Waals surface area contributed by atoms with Gasteiger partial charge < -0.3 is 19.5 Å². The Balaban J connectivity index is 2.35. The Hall–Kier alpha value is -2.42. The number of rotatable bonds is 9. The predicted molar refractivity (Wildman–Crippen MR) is 134 cm³/mol. The minimum Gasteiger partial charge on any atom is -0.463 e. The van der Waals surface area contributed by atoms with Gasteiger partial charge in [-0.3, -0.25) is 14.5 Å². The lowest BCUT2D eigenvalue weighted by molar-refractivity contribution is -0.148. The Morgan fingerprint density at radius 3 is 2.69 bits per heavy atom. The molecule has 2 rings (SSSR count). The largest absolute Gasteiger partial charge is 0.463 e. The summed E-state index contributed by atoms with van der Waals surface area (Å²) in [5.41, 5.74) is -1.24. The number of ether oxygens (including phenoxy) is 3. The highest BCUT2D eigenvalue weighted by atomic mass is 16.6. The van der Waals surface area contributed by atoms with E-state index in [-0.39, 0.29) is 48.7 Å². The minimum atomic E-state index is -0.752. The molecule has 0 radical (unpaired) electrons. The lowest BCUT2D eigenvalue weighted by Crippen LogP contribution is -2.66. The van der Waals surface area contributed by atoms with Crippen molar-refractivity contribution in [2.24, 2.45) is 10.9 Å². The van der Waals surface area contributed by atoms with Gasteiger partial charge in [-0.2, -0.15) is 0 Å². The monoisotopic (exact) mass is 493 g/mol. The first-order valence-corrected chi connectivity index (χ1v) is 12.7. The summed E-state index contributed by atoms with van der Waals surface area (Å²) in [5, 5.41) is 3.43. The molecule has 9 nitrogen and oxygen atoms in total. The molecule has 0 bridgehead atoms. The van der Waals surface area contributed by atoms with Gasteiger partial charge in [-0.15, -0.1) is 11.6 Å². The molecule has 0 aromatic carbocycles. The Morgan fingerprint density at radius 1 is 1.37 bits per heavy atom. The zero-order valence-electron chi connectivity index (χ0n) is 22.2. The van der Waals surface area contributed by atoms with Crippen LogP contribution in [0.1, 0.15) is 86.5 Å². The van der Waals surface area contributed by atoms with Crippen molar-refractivity contribution < 1.29 is 28.6 Å². The Bertz CT molecular complexity index is 803. The van der Waals surface area contributed by atoms with E-state index < -0.39 is 17.2 Å². The lowest BCUT2D eigenvalue weighted by Gasteiger charge is -2.48. The molecule has 2 aliphatic rings. The van der Waals surface area contributed by atoms with Crippen molar-refractivity contribution in [2.75, 3.05) is 13.2 Å². The summed E-state index contributed by atoms with van der Waals surface area (Å²) in [7, 11) is 0. The van der Waals surface area contributed by atoms with Crippen molar-refractivity contribution >= 4 is 23.9 Å². The second-order valence-electron chi connectivity index (χ2n) is 10.7. The third-order valence-electron chi connectivity index (χ3n) is 6.31. The number of carbonyl (C=O) groups is 3. The molecule has 0 saturated carbocycles. The molecule has 0 aromatic heterocycles. The van der Waals surface area contributed by atoms with Crippen molar-refractivity contribution in [1.29, 1.82) is 0 Å². The maximum atomic E-state index is 13.6. The maximum Gasteiger partial charge on any atom is 0.437 e. The molecule has 1 N–H and O–H groups in total. The maximum absolute atomic E-state index is 13.6. The van der Waals surface area contributed by atoms with Crippen molar-refractivity contribution in [2.45, 2.75) is 110 Å². The Labute approximate surface area is 209 Å². The van der Waals surface area contributed by atoms with Gasteiger partial charge in [-0.1, -0.05) is 13.0 Å². The summed E-state index contributed by atoms with van der Waals surface area (Å²) in [4.78, 5) is 44.3. The van der Waals surface area contributed by atoms with Gasteiger partial charge in [0.15, 0.2) is 0 Å². The van der Waals surface area contributed by atoms with Gasteiger partial charge in [-0.25, -0.2) is 4.79 Å². The highest BCUT2D eigenvalue weighted by molar-refractivity contribution is 6.04. The standard InChI is InChI=1S/C26H43N3O6/c1-8-10-14-26(9-2)16-21(30)29(23(28-26)27-24(32)35-25(5,6)7)20-13-15-33-17-19(20)11-12-22(31)34-18(3)4/h8,18-20H,1,9-17H2,2-7H3,(H,27,28,32)/t19?,20?,26-/m1/s1. The number of esters is 1. The van der Waals surface area contributed by atoms with Crippen LogP contribution in [0.5, 0.6) is 0 Å². The second kappa shape index (κ2) is 12.5. The van der Waals surface area contributed by atoms with Crippen LogP contribution in [-0.4, -0.2) is 65.3 Å². The summed E-state index contributed by atoms with van der Waals surface area (Å²) in [6, 6.07) is -0.258. The predicted octanol–water partition coefficient (Wildman–Crippen LogP) is 4.35. The van der Waals surface area contributed by atoms with Crippen molar-refractivity contribution in [3.8, 4) is 0 Å². The molecular formula is C26H43N3O6. The molecule has 198 valence electrons. The number of hydrogen-bond donors (Lipinski definition) is 1. The molecule has 0 spiro atoms. The van der Waals surface area contributed by atoms with Gasteiger partial charge in [0.1, 0.15) is 5.60 Å². The fourth-order valence-electron chi connectivity index (χ4n) is 4.58. The zero-order chi connectivity index (χ0) is 26.2. The number of guanidine groups is 1. The van der Waals surface area contributed by atoms with Crippen molar-refractivity contribution in [3.63, 3.8) is 0 Å². The molecule has 2 fully saturated rings. The summed E-state index contributed by atoms with van der Waals surface area (Å²) < 4.78 is 16.4. The van der Waals surface area contributed by atoms with Gasteiger partial charge in [-0.05, 0) is 66.7 Å². The van der Waals surface area contributed by atoms with E-state index in [2.05, 4.69) is 16.9 Å². The molecule has 0 aliphatic carbocycles. The number of aliphatic imine (C=N–C) groups is 1. The highest BCUT2D eigenvalue weighted by Gasteiger charge is 2.45. The quantitative estimate of drug-likeness (QED) is 0.376. The van der Waals surface area contributed by atoms with E-state index in [1.165, 1.54) is 0 Å². The van der Waals surface area contributed by atoms with E-state index in [9.17, 15) is 14.4 Å². The first-order valence-electron chi connectivity index (χ1n) is 12.7.